The van der Waals surface area contributed by atoms with Crippen LogP contribution < -0.4 is 10.2 Å². The first kappa shape index (κ1) is 27.6. The van der Waals surface area contributed by atoms with Gasteiger partial charge in [0.2, 0.25) is 0 Å². The van der Waals surface area contributed by atoms with Crippen LogP contribution in [0.1, 0.15) is 62.3 Å². The van der Waals surface area contributed by atoms with Crippen LogP contribution in [0.3, 0.4) is 0 Å². The van der Waals surface area contributed by atoms with Crippen molar-refractivity contribution >= 4 is 34.7 Å². The molecule has 0 saturated heterocycles. The van der Waals surface area contributed by atoms with Gasteiger partial charge in [0.15, 0.2) is 5.78 Å². The molecule has 2 aliphatic rings. The summed E-state index contributed by atoms with van der Waals surface area (Å²) >= 11 is 1.53. The standard InChI is InChI=1S/C30H36N2O5S/c1-6-10-21-27(30(35)37-8-3)24(18-12-14-19(15-13-18)32(4)5)26-22(31-21)17-20(23-11-9-16-38-23)25(28(26)33)29(34)36-7-2/h9,11-16,20,24-25,31H,6-8,10,17H2,1-5H3/t20-,24-,25+/m1/s1. The number of carbonyl (C=O) groups is 3. The van der Waals surface area contributed by atoms with Crippen molar-refractivity contribution in [1.82, 2.24) is 5.32 Å². The van der Waals surface area contributed by atoms with Gasteiger partial charge >= 0.3 is 11.9 Å². The average molecular weight is 537 g/mol. The molecule has 1 aliphatic carbocycles. The van der Waals surface area contributed by atoms with Gasteiger partial charge in [-0.2, -0.15) is 0 Å². The van der Waals surface area contributed by atoms with Crippen LogP contribution >= 0.6 is 11.3 Å². The molecule has 0 radical (unpaired) electrons. The minimum Gasteiger partial charge on any atom is -0.465 e. The lowest BCUT2D eigenvalue weighted by atomic mass is 9.68. The molecule has 0 amide bonds. The predicted molar refractivity (Wildman–Crippen MR) is 149 cm³/mol. The van der Waals surface area contributed by atoms with Gasteiger partial charge in [0, 0.05) is 53.5 Å². The Balaban J connectivity index is 1.92. The van der Waals surface area contributed by atoms with Gasteiger partial charge in [-0.25, -0.2) is 4.79 Å². The highest BCUT2D eigenvalue weighted by Crippen LogP contribution is 2.49. The molecule has 0 bridgehead atoms. The minimum absolute atomic E-state index is 0.188. The zero-order chi connectivity index (χ0) is 27.4. The number of ketones is 1. The van der Waals surface area contributed by atoms with Crippen molar-refractivity contribution in [2.45, 2.75) is 51.9 Å². The minimum atomic E-state index is -0.978. The Morgan fingerprint density at radius 3 is 2.34 bits per heavy atom. The Labute approximate surface area is 228 Å². The predicted octanol–water partition coefficient (Wildman–Crippen LogP) is 5.31. The molecule has 0 fully saturated rings. The number of nitrogens with zero attached hydrogens (tertiary/aromatic N) is 1. The third-order valence-electron chi connectivity index (χ3n) is 7.09. The normalized spacial score (nSPS) is 21.1. The number of hydrogen-bond donors (Lipinski definition) is 1. The lowest BCUT2D eigenvalue weighted by Crippen LogP contribution is -2.43. The largest absolute Gasteiger partial charge is 0.465 e. The number of thiophene rings is 1. The fraction of sp³-hybridized carbons (Fsp3) is 0.433. The number of hydrogen-bond acceptors (Lipinski definition) is 8. The molecule has 1 N–H and O–H groups in total. The van der Waals surface area contributed by atoms with Gasteiger partial charge in [0.05, 0.1) is 18.8 Å². The molecule has 2 heterocycles. The molecule has 202 valence electrons. The summed E-state index contributed by atoms with van der Waals surface area (Å²) in [5, 5.41) is 5.43. The van der Waals surface area contributed by atoms with Crippen LogP contribution in [0.4, 0.5) is 5.69 Å². The summed E-state index contributed by atoms with van der Waals surface area (Å²) in [4.78, 5) is 44.0. The van der Waals surface area contributed by atoms with E-state index < -0.39 is 23.8 Å². The highest BCUT2D eigenvalue weighted by molar-refractivity contribution is 7.10. The van der Waals surface area contributed by atoms with Crippen LogP contribution in [0.5, 0.6) is 0 Å². The number of Topliss-reactive ketones (excluding diaryl/α,β-unsaturated/α-hetero) is 1. The Kier molecular flexibility index (Phi) is 8.72. The molecule has 0 unspecified atom stereocenters. The maximum atomic E-state index is 14.4. The highest BCUT2D eigenvalue weighted by Gasteiger charge is 2.49. The van der Waals surface area contributed by atoms with E-state index in [0.717, 1.165) is 33.9 Å². The van der Waals surface area contributed by atoms with Crippen molar-refractivity contribution in [1.29, 1.82) is 0 Å². The van der Waals surface area contributed by atoms with Crippen molar-refractivity contribution < 1.29 is 23.9 Å². The highest BCUT2D eigenvalue weighted by atomic mass is 32.1. The number of nitrogens with one attached hydrogen (secondary N) is 1. The molecule has 38 heavy (non-hydrogen) atoms. The zero-order valence-electron chi connectivity index (χ0n) is 22.7. The van der Waals surface area contributed by atoms with E-state index >= 15 is 0 Å². The lowest BCUT2D eigenvalue weighted by molar-refractivity contribution is -0.152. The van der Waals surface area contributed by atoms with Crippen LogP contribution in [0.15, 0.2) is 64.3 Å². The van der Waals surface area contributed by atoms with Crippen molar-refractivity contribution in [2.24, 2.45) is 5.92 Å². The fourth-order valence-electron chi connectivity index (χ4n) is 5.42. The zero-order valence-corrected chi connectivity index (χ0v) is 23.5. The first-order chi connectivity index (χ1) is 18.3. The molecule has 0 spiro atoms. The Bertz CT molecular complexity index is 1240. The van der Waals surface area contributed by atoms with E-state index in [-0.39, 0.29) is 24.9 Å². The third kappa shape index (κ3) is 5.27. The first-order valence-electron chi connectivity index (χ1n) is 13.2. The molecule has 8 heteroatoms. The molecular formula is C30H36N2O5S. The Morgan fingerprint density at radius 2 is 1.76 bits per heavy atom. The van der Waals surface area contributed by atoms with E-state index in [1.165, 1.54) is 11.3 Å². The van der Waals surface area contributed by atoms with Crippen LogP contribution in [-0.4, -0.2) is 45.0 Å². The van der Waals surface area contributed by atoms with Gasteiger partial charge < -0.3 is 19.7 Å². The summed E-state index contributed by atoms with van der Waals surface area (Å²) in [6.07, 6.45) is 1.92. The van der Waals surface area contributed by atoms with Crippen LogP contribution in [0.2, 0.25) is 0 Å². The monoisotopic (exact) mass is 536 g/mol. The molecule has 1 aromatic carbocycles. The van der Waals surface area contributed by atoms with Gasteiger partial charge in [0.25, 0.3) is 0 Å². The average Bonchev–Trinajstić information content (AvgIpc) is 3.43. The van der Waals surface area contributed by atoms with E-state index in [9.17, 15) is 14.4 Å². The second-order valence-electron chi connectivity index (χ2n) is 9.72. The number of carbonyl (C=O) groups excluding carboxylic acids is 3. The smallest absolute Gasteiger partial charge is 0.336 e. The summed E-state index contributed by atoms with van der Waals surface area (Å²) in [7, 11) is 3.92. The molecular weight excluding hydrogens is 500 g/mol. The molecule has 1 aromatic heterocycles. The molecule has 7 nitrogen and oxygen atoms in total. The van der Waals surface area contributed by atoms with Gasteiger partial charge in [0.1, 0.15) is 5.92 Å². The van der Waals surface area contributed by atoms with Crippen LogP contribution in [0.25, 0.3) is 0 Å². The maximum absolute atomic E-state index is 14.4. The van der Waals surface area contributed by atoms with Crippen LogP contribution in [0, 0.1) is 5.92 Å². The topological polar surface area (TPSA) is 84.9 Å². The molecule has 3 atom stereocenters. The molecule has 2 aromatic rings. The third-order valence-corrected chi connectivity index (χ3v) is 8.10. The van der Waals surface area contributed by atoms with E-state index in [4.69, 9.17) is 9.47 Å². The Hall–Kier alpha value is -3.39. The second kappa shape index (κ2) is 12.0. The van der Waals surface area contributed by atoms with Gasteiger partial charge in [-0.05, 0) is 55.8 Å². The van der Waals surface area contributed by atoms with E-state index in [1.807, 2.05) is 60.8 Å². The van der Waals surface area contributed by atoms with Gasteiger partial charge in [-0.15, -0.1) is 11.3 Å². The first-order valence-corrected chi connectivity index (χ1v) is 14.1. The van der Waals surface area contributed by atoms with Crippen molar-refractivity contribution in [2.75, 3.05) is 32.2 Å². The summed E-state index contributed by atoms with van der Waals surface area (Å²) in [6.45, 7) is 5.98. The molecule has 1 aliphatic heterocycles. The summed E-state index contributed by atoms with van der Waals surface area (Å²) in [5.41, 5.74) is 4.26. The molecule has 0 saturated carbocycles. The number of ether oxygens (including phenoxy) is 2. The number of dihydropyridines is 1. The van der Waals surface area contributed by atoms with E-state index in [2.05, 4.69) is 12.2 Å². The van der Waals surface area contributed by atoms with Crippen molar-refractivity contribution in [3.63, 3.8) is 0 Å². The lowest BCUT2D eigenvalue weighted by Gasteiger charge is -2.39. The maximum Gasteiger partial charge on any atom is 0.336 e. The van der Waals surface area contributed by atoms with E-state index in [1.54, 1.807) is 13.8 Å². The quantitative estimate of drug-likeness (QED) is 0.343. The number of benzene rings is 1. The van der Waals surface area contributed by atoms with Crippen molar-refractivity contribution in [3.05, 3.63) is 74.8 Å². The number of rotatable bonds is 9. The SMILES string of the molecule is CCCC1=C(C(=O)OCC)[C@H](c2ccc(N(C)C)cc2)C2=C(C[C@H](c3cccs3)[C@H](C(=O)OCC)C2=O)N1. The summed E-state index contributed by atoms with van der Waals surface area (Å²) < 4.78 is 10.9. The van der Waals surface area contributed by atoms with Crippen molar-refractivity contribution in [3.8, 4) is 0 Å². The Morgan fingerprint density at radius 1 is 1.05 bits per heavy atom. The molecule has 4 rings (SSSR count). The number of allylic oxidation sites excluding steroid dienone is 3. The van der Waals surface area contributed by atoms with E-state index in [0.29, 0.717) is 24.0 Å². The number of anilines is 1. The summed E-state index contributed by atoms with van der Waals surface area (Å²) in [5.74, 6) is -3.22. The number of esters is 2. The van der Waals surface area contributed by atoms with Crippen LogP contribution in [-0.2, 0) is 23.9 Å². The summed E-state index contributed by atoms with van der Waals surface area (Å²) in [6, 6.07) is 11.8. The van der Waals surface area contributed by atoms with Gasteiger partial charge in [-0.3, -0.25) is 9.59 Å². The second-order valence-corrected chi connectivity index (χ2v) is 10.7. The fourth-order valence-corrected chi connectivity index (χ4v) is 6.28. The van der Waals surface area contributed by atoms with Gasteiger partial charge in [-0.1, -0.05) is 31.5 Å².